The number of hydrogen-bond donors (Lipinski definition) is 0. The third-order valence-electron chi connectivity index (χ3n) is 3.04. The van der Waals surface area contributed by atoms with E-state index < -0.39 is 61.3 Å². The Labute approximate surface area is 128 Å². The van der Waals surface area contributed by atoms with Crippen LogP contribution in [0.3, 0.4) is 0 Å². The van der Waals surface area contributed by atoms with E-state index in [-0.39, 0.29) is 0 Å². The lowest BCUT2D eigenvalue weighted by atomic mass is 9.91. The molecule has 0 fully saturated rings. The van der Waals surface area contributed by atoms with Crippen LogP contribution >= 0.6 is 0 Å². The first-order valence-electron chi connectivity index (χ1n) is 5.82. The summed E-state index contributed by atoms with van der Waals surface area (Å²) in [5, 5.41) is -7.03. The number of alkyl halides is 6. The quantitative estimate of drug-likeness (QED) is 0.499. The molecule has 0 aromatic carbocycles. The fourth-order valence-electron chi connectivity index (χ4n) is 2.38. The number of halogens is 6. The van der Waals surface area contributed by atoms with Crippen LogP contribution in [0.4, 0.5) is 26.3 Å². The van der Waals surface area contributed by atoms with E-state index in [0.29, 0.717) is 13.8 Å². The zero-order chi connectivity index (χ0) is 19.0. The van der Waals surface area contributed by atoms with Crippen LogP contribution in [0.15, 0.2) is 0 Å². The Bertz CT molecular complexity index is 553. The van der Waals surface area contributed by atoms with Gasteiger partial charge < -0.3 is 9.11 Å². The van der Waals surface area contributed by atoms with E-state index >= 15 is 0 Å². The van der Waals surface area contributed by atoms with Crippen LogP contribution in [0.25, 0.3) is 0 Å². The first-order chi connectivity index (χ1) is 9.79. The van der Waals surface area contributed by atoms with Crippen LogP contribution in [-0.4, -0.2) is 48.8 Å². The molecule has 140 valence electrons. The molecule has 0 N–H and O–H groups in total. The van der Waals surface area contributed by atoms with Gasteiger partial charge in [0.25, 0.3) is 0 Å². The number of rotatable bonds is 6. The second-order valence-corrected chi connectivity index (χ2v) is 8.09. The van der Waals surface area contributed by atoms with E-state index in [1.165, 1.54) is 0 Å². The van der Waals surface area contributed by atoms with Gasteiger partial charge in [-0.2, -0.15) is 26.3 Å². The van der Waals surface area contributed by atoms with Gasteiger partial charge in [0, 0.05) is 0 Å². The van der Waals surface area contributed by atoms with E-state index in [9.17, 15) is 52.3 Å². The van der Waals surface area contributed by atoms with Gasteiger partial charge in [-0.15, -0.1) is 0 Å². The zero-order valence-corrected chi connectivity index (χ0v) is 13.2. The van der Waals surface area contributed by atoms with E-state index in [1.54, 1.807) is 0 Å². The van der Waals surface area contributed by atoms with Gasteiger partial charge in [-0.05, 0) is 18.3 Å². The molecule has 0 radical (unpaired) electrons. The summed E-state index contributed by atoms with van der Waals surface area (Å²) in [4.78, 5) is 0. The van der Waals surface area contributed by atoms with Crippen molar-refractivity contribution in [1.82, 2.24) is 0 Å². The van der Waals surface area contributed by atoms with Crippen LogP contribution in [0.1, 0.15) is 20.3 Å². The van der Waals surface area contributed by atoms with Gasteiger partial charge in [-0.25, -0.2) is 16.8 Å². The average molecular weight is 394 g/mol. The topological polar surface area (TPSA) is 114 Å². The van der Waals surface area contributed by atoms with Gasteiger partial charge in [-0.1, -0.05) is 13.8 Å². The molecular formula is C9H12F6O6S2-2. The molecule has 0 aliphatic heterocycles. The third-order valence-corrected chi connectivity index (χ3v) is 5.75. The molecular weight excluding hydrogens is 382 g/mol. The molecule has 0 spiro atoms. The van der Waals surface area contributed by atoms with Gasteiger partial charge >= 0.3 is 12.4 Å². The summed E-state index contributed by atoms with van der Waals surface area (Å²) in [6, 6.07) is 0. The molecule has 0 rings (SSSR count). The van der Waals surface area contributed by atoms with Gasteiger partial charge in [0.15, 0.2) is 0 Å². The lowest BCUT2D eigenvalue weighted by molar-refractivity contribution is -0.147. The third kappa shape index (κ3) is 6.43. The van der Waals surface area contributed by atoms with Crippen LogP contribution < -0.4 is 0 Å². The minimum absolute atomic E-state index is 0.537. The summed E-state index contributed by atoms with van der Waals surface area (Å²) < 4.78 is 140. The fraction of sp³-hybridized carbons (Fsp3) is 1.00. The van der Waals surface area contributed by atoms with Crippen molar-refractivity contribution in [1.29, 1.82) is 0 Å². The molecule has 6 nitrogen and oxygen atoms in total. The molecule has 0 saturated heterocycles. The van der Waals surface area contributed by atoms with Crippen LogP contribution in [0.2, 0.25) is 0 Å². The SMILES string of the molecule is CC(CC(C)C(C(F)(F)F)S(=O)(=O)[O-])C(C(F)(F)F)S(=O)(=O)[O-]. The molecule has 0 aliphatic rings. The largest absolute Gasteiger partial charge is 0.747 e. The standard InChI is InChI=1S/C9H14F6O6S2/c1-4(6(8(10,11)12)22(16,17)18)3-5(2)7(9(13,14)15)23(19,20)21/h4-7H,3H2,1-2H3,(H,16,17,18)(H,19,20,21)/p-2. The maximum atomic E-state index is 12.6. The second kappa shape index (κ2) is 6.72. The van der Waals surface area contributed by atoms with Crippen molar-refractivity contribution in [2.75, 3.05) is 0 Å². The maximum absolute atomic E-state index is 12.6. The fourth-order valence-corrected chi connectivity index (χ4v) is 4.39. The molecule has 0 amide bonds. The van der Waals surface area contributed by atoms with Gasteiger partial charge in [0.2, 0.25) is 0 Å². The van der Waals surface area contributed by atoms with E-state index in [1.807, 2.05) is 0 Å². The monoisotopic (exact) mass is 394 g/mol. The highest BCUT2D eigenvalue weighted by Gasteiger charge is 2.51. The Morgan fingerprint density at radius 1 is 0.739 bits per heavy atom. The summed E-state index contributed by atoms with van der Waals surface area (Å²) >= 11 is 0. The average Bonchev–Trinajstić information content (AvgIpc) is 2.04. The predicted octanol–water partition coefficient (Wildman–Crippen LogP) is 1.60. The summed E-state index contributed by atoms with van der Waals surface area (Å²) in [5.41, 5.74) is 0. The van der Waals surface area contributed by atoms with Crippen molar-refractivity contribution in [3.8, 4) is 0 Å². The maximum Gasteiger partial charge on any atom is 0.404 e. The van der Waals surface area contributed by atoms with Crippen LogP contribution in [0, 0.1) is 11.8 Å². The summed E-state index contributed by atoms with van der Waals surface area (Å²) in [7, 11) is -11.9. The molecule has 0 aromatic rings. The molecule has 0 aromatic heterocycles. The first-order valence-corrected chi connectivity index (χ1v) is 8.76. The molecule has 0 aliphatic carbocycles. The molecule has 23 heavy (non-hydrogen) atoms. The zero-order valence-electron chi connectivity index (χ0n) is 11.6. The highest BCUT2D eigenvalue weighted by Crippen LogP contribution is 2.38. The Morgan fingerprint density at radius 2 is 0.957 bits per heavy atom. The summed E-state index contributed by atoms with van der Waals surface area (Å²) in [6.07, 6.45) is -12.4. The lowest BCUT2D eigenvalue weighted by Crippen LogP contribution is -2.46. The van der Waals surface area contributed by atoms with Crippen molar-refractivity contribution >= 4 is 20.2 Å². The van der Waals surface area contributed by atoms with Crippen molar-refractivity contribution < 1.29 is 52.3 Å². The van der Waals surface area contributed by atoms with E-state index in [4.69, 9.17) is 0 Å². The normalized spacial score (nSPS) is 19.9. The molecule has 4 atom stereocenters. The Hall–Kier alpha value is -0.600. The smallest absolute Gasteiger partial charge is 0.404 e. The first kappa shape index (κ1) is 22.4. The molecule has 0 bridgehead atoms. The second-order valence-electron chi connectivity index (χ2n) is 5.10. The summed E-state index contributed by atoms with van der Waals surface area (Å²) in [6.45, 7) is 1.07. The highest BCUT2D eigenvalue weighted by atomic mass is 32.2. The number of hydrogen-bond acceptors (Lipinski definition) is 6. The van der Waals surface area contributed by atoms with E-state index in [0.717, 1.165) is 0 Å². The molecule has 0 heterocycles. The Morgan fingerprint density at radius 3 is 1.09 bits per heavy atom. The predicted molar refractivity (Wildman–Crippen MR) is 62.0 cm³/mol. The molecule has 4 unspecified atom stereocenters. The minimum atomic E-state index is -5.95. The van der Waals surface area contributed by atoms with Crippen molar-refractivity contribution in [2.24, 2.45) is 11.8 Å². The lowest BCUT2D eigenvalue weighted by Gasteiger charge is -2.33. The highest BCUT2D eigenvalue weighted by molar-refractivity contribution is 7.86. The van der Waals surface area contributed by atoms with E-state index in [2.05, 4.69) is 0 Å². The van der Waals surface area contributed by atoms with Crippen molar-refractivity contribution in [3.63, 3.8) is 0 Å². The van der Waals surface area contributed by atoms with Crippen LogP contribution in [0.5, 0.6) is 0 Å². The van der Waals surface area contributed by atoms with Crippen molar-refractivity contribution in [3.05, 3.63) is 0 Å². The van der Waals surface area contributed by atoms with Gasteiger partial charge in [-0.3, -0.25) is 0 Å². The summed E-state index contributed by atoms with van der Waals surface area (Å²) in [5.74, 6) is -4.36. The molecule has 0 saturated carbocycles. The Balaban J connectivity index is 5.61. The van der Waals surface area contributed by atoms with Gasteiger partial charge in [0.05, 0.1) is 0 Å². The van der Waals surface area contributed by atoms with Crippen molar-refractivity contribution in [2.45, 2.75) is 43.1 Å². The molecule has 14 heteroatoms. The Kier molecular flexibility index (Phi) is 6.55. The minimum Gasteiger partial charge on any atom is -0.747 e. The van der Waals surface area contributed by atoms with Gasteiger partial charge in [0.1, 0.15) is 30.7 Å². The van der Waals surface area contributed by atoms with Crippen LogP contribution in [-0.2, 0) is 20.2 Å².